The predicted molar refractivity (Wildman–Crippen MR) is 338 cm³/mol. The smallest absolute Gasteiger partial charge is 0.0755 e. The number of fused-ring (bicyclic) bond motifs is 27. The summed E-state index contributed by atoms with van der Waals surface area (Å²) >= 11 is 1.89. The highest BCUT2D eigenvalue weighted by Crippen LogP contribution is 2.66. The van der Waals surface area contributed by atoms with Crippen molar-refractivity contribution in [2.75, 3.05) is 4.90 Å². The number of nitrogens with zero attached hydrogens (tertiary/aromatic N) is 2. The summed E-state index contributed by atoms with van der Waals surface area (Å²) in [5.41, 5.74) is 26.7. The third-order valence-corrected chi connectivity index (χ3v) is 20.2. The lowest BCUT2D eigenvalue weighted by molar-refractivity contribution is 0.748. The summed E-state index contributed by atoms with van der Waals surface area (Å²) in [4.78, 5) is 2.59. The number of para-hydroxylation sites is 3. The lowest BCUT2D eigenvalue weighted by Gasteiger charge is -2.39. The molecule has 81 heavy (non-hydrogen) atoms. The second-order valence-corrected chi connectivity index (χ2v) is 23.6. The van der Waals surface area contributed by atoms with Crippen LogP contribution in [0.1, 0.15) is 44.5 Å². The van der Waals surface area contributed by atoms with Crippen LogP contribution in [0.4, 0.5) is 17.1 Å². The number of rotatable bonds is 4. The number of benzene rings is 13. The van der Waals surface area contributed by atoms with Crippen molar-refractivity contribution in [1.82, 2.24) is 4.57 Å². The van der Waals surface area contributed by atoms with Gasteiger partial charge >= 0.3 is 0 Å². The van der Waals surface area contributed by atoms with Gasteiger partial charge in [-0.2, -0.15) is 0 Å². The van der Waals surface area contributed by atoms with Crippen LogP contribution in [0.5, 0.6) is 0 Å². The Bertz CT molecular complexity index is 5220. The van der Waals surface area contributed by atoms with Gasteiger partial charge in [0.1, 0.15) is 0 Å². The first-order chi connectivity index (χ1) is 40.2. The number of hydrogen-bond donors (Lipinski definition) is 0. The molecule has 0 fully saturated rings. The minimum atomic E-state index is -0.608. The summed E-state index contributed by atoms with van der Waals surface area (Å²) in [5, 5.41) is 7.72. The number of hydrogen-bond acceptors (Lipinski definition) is 2. The molecule has 0 amide bonds. The van der Waals surface area contributed by atoms with E-state index >= 15 is 0 Å². The molecule has 19 rings (SSSR count). The second-order valence-electron chi connectivity index (χ2n) is 22.5. The van der Waals surface area contributed by atoms with Crippen molar-refractivity contribution in [1.29, 1.82) is 0 Å². The molecule has 1 unspecified atom stereocenters. The highest BCUT2D eigenvalue weighted by Gasteiger charge is 2.54. The van der Waals surface area contributed by atoms with E-state index in [-0.39, 0.29) is 0 Å². The summed E-state index contributed by atoms with van der Waals surface area (Å²) in [5.74, 6) is 0. The highest BCUT2D eigenvalue weighted by atomic mass is 32.1. The van der Waals surface area contributed by atoms with E-state index in [1.807, 2.05) is 11.3 Å². The molecule has 0 radical (unpaired) electrons. The summed E-state index contributed by atoms with van der Waals surface area (Å²) < 4.78 is 5.18. The fraction of sp³-hybridized carbons (Fsp3) is 0.0256. The monoisotopic (exact) mass is 1040 g/mol. The maximum atomic E-state index is 2.59. The molecule has 2 spiro atoms. The molecule has 3 aliphatic carbocycles. The molecule has 0 N–H and O–H groups in total. The van der Waals surface area contributed by atoms with Crippen LogP contribution in [0, 0.1) is 0 Å². The average molecular weight is 1040 g/mol. The van der Waals surface area contributed by atoms with Gasteiger partial charge in [0.2, 0.25) is 0 Å². The van der Waals surface area contributed by atoms with Crippen LogP contribution >= 0.6 is 11.3 Å². The van der Waals surface area contributed by atoms with Crippen LogP contribution in [0.3, 0.4) is 0 Å². The van der Waals surface area contributed by atoms with Crippen LogP contribution in [0.15, 0.2) is 279 Å². The Morgan fingerprint density at radius 3 is 1.70 bits per heavy atom. The average Bonchev–Trinajstić information content (AvgIpc) is 4.42. The Kier molecular flexibility index (Phi) is 8.57. The van der Waals surface area contributed by atoms with Crippen LogP contribution in [0.25, 0.3) is 103 Å². The molecule has 3 heteroatoms. The van der Waals surface area contributed by atoms with Crippen molar-refractivity contribution in [3.05, 3.63) is 324 Å². The van der Waals surface area contributed by atoms with E-state index in [1.165, 1.54) is 147 Å². The predicted octanol–water partition coefficient (Wildman–Crippen LogP) is 20.5. The molecule has 1 atom stereocenters. The van der Waals surface area contributed by atoms with E-state index in [4.69, 9.17) is 0 Å². The summed E-state index contributed by atoms with van der Waals surface area (Å²) in [7, 11) is 0. The van der Waals surface area contributed by atoms with Crippen LogP contribution in [0.2, 0.25) is 0 Å². The van der Waals surface area contributed by atoms with Crippen molar-refractivity contribution >= 4 is 81.1 Å². The zero-order valence-electron chi connectivity index (χ0n) is 43.9. The topological polar surface area (TPSA) is 8.17 Å². The molecular formula is C78H46N2S. The molecule has 1 aliphatic heterocycles. The molecule has 2 aromatic heterocycles. The van der Waals surface area contributed by atoms with Gasteiger partial charge in [0.25, 0.3) is 0 Å². The van der Waals surface area contributed by atoms with Gasteiger partial charge in [0, 0.05) is 47.9 Å². The highest BCUT2D eigenvalue weighted by molar-refractivity contribution is 7.26. The SMILES string of the molecule is c1ccc2c(c1)-c1ccccc1C21c2cc(N(c3ccc(-c4cccc5c4sc4ccccc45)cc3)c3cccc4c3-c3ccccc3C43c4ccccc4-n4c5ccccc5c5cccc3c54)ccc2-c2c1ccc1ccccc21. The van der Waals surface area contributed by atoms with Crippen LogP contribution in [-0.4, -0.2) is 4.57 Å². The van der Waals surface area contributed by atoms with Gasteiger partial charge in [0.05, 0.1) is 33.2 Å². The lowest BCUT2D eigenvalue weighted by atomic mass is 9.65. The Morgan fingerprint density at radius 2 is 0.877 bits per heavy atom. The summed E-state index contributed by atoms with van der Waals surface area (Å²) in [6.45, 7) is 0. The zero-order valence-corrected chi connectivity index (χ0v) is 44.7. The molecule has 4 aliphatic rings. The molecule has 0 saturated heterocycles. The quantitative estimate of drug-likeness (QED) is 0.171. The molecular weight excluding hydrogens is 997 g/mol. The Balaban J connectivity index is 0.903. The van der Waals surface area contributed by atoms with Gasteiger partial charge in [-0.05, 0) is 143 Å². The Morgan fingerprint density at radius 1 is 0.321 bits per heavy atom. The van der Waals surface area contributed by atoms with Gasteiger partial charge in [-0.15, -0.1) is 11.3 Å². The lowest BCUT2D eigenvalue weighted by Crippen LogP contribution is -2.33. The minimum absolute atomic E-state index is 0.547. The first kappa shape index (κ1) is 43.9. The Hall–Kier alpha value is -10.1. The van der Waals surface area contributed by atoms with E-state index in [0.717, 1.165) is 17.1 Å². The van der Waals surface area contributed by atoms with Gasteiger partial charge in [-0.1, -0.05) is 231 Å². The van der Waals surface area contributed by atoms with Crippen LogP contribution in [-0.2, 0) is 10.8 Å². The third-order valence-electron chi connectivity index (χ3n) is 19.0. The summed E-state index contributed by atoms with van der Waals surface area (Å²) in [6.07, 6.45) is 0. The van der Waals surface area contributed by atoms with E-state index < -0.39 is 10.8 Å². The number of aromatic nitrogens is 1. The third kappa shape index (κ3) is 5.38. The van der Waals surface area contributed by atoms with Gasteiger partial charge in [-0.25, -0.2) is 0 Å². The van der Waals surface area contributed by atoms with Crippen molar-refractivity contribution < 1.29 is 0 Å². The van der Waals surface area contributed by atoms with E-state index in [2.05, 4.69) is 289 Å². The second kappa shape index (κ2) is 15.8. The molecule has 15 aromatic rings. The Labute approximate surface area is 472 Å². The van der Waals surface area contributed by atoms with E-state index in [0.29, 0.717) is 0 Å². The van der Waals surface area contributed by atoms with E-state index in [1.54, 1.807) is 0 Å². The first-order valence-electron chi connectivity index (χ1n) is 28.2. The normalized spacial score (nSPS) is 15.3. The fourth-order valence-electron chi connectivity index (χ4n) is 16.0. The van der Waals surface area contributed by atoms with Crippen molar-refractivity contribution in [2.24, 2.45) is 0 Å². The van der Waals surface area contributed by atoms with E-state index in [9.17, 15) is 0 Å². The summed E-state index contributed by atoms with van der Waals surface area (Å²) in [6, 6.07) is 106. The first-order valence-corrected chi connectivity index (χ1v) is 29.1. The van der Waals surface area contributed by atoms with Crippen molar-refractivity contribution in [2.45, 2.75) is 10.8 Å². The molecule has 13 aromatic carbocycles. The fourth-order valence-corrected chi connectivity index (χ4v) is 17.2. The molecule has 2 nitrogen and oxygen atoms in total. The maximum Gasteiger partial charge on any atom is 0.0755 e. The zero-order chi connectivity index (χ0) is 52.7. The van der Waals surface area contributed by atoms with Crippen LogP contribution < -0.4 is 4.90 Å². The minimum Gasteiger partial charge on any atom is -0.310 e. The van der Waals surface area contributed by atoms with Crippen molar-refractivity contribution in [3.8, 4) is 50.2 Å². The largest absolute Gasteiger partial charge is 0.310 e. The molecule has 374 valence electrons. The molecule has 3 heterocycles. The molecule has 0 bridgehead atoms. The van der Waals surface area contributed by atoms with Gasteiger partial charge in [-0.3, -0.25) is 0 Å². The standard InChI is InChI=1S/C78H46N2S/c1-2-19-51-47(18-1)40-45-66-73(51)60-44-43-50(46-68(60)77(66)61-28-8-3-20-53(61)54-21-4-9-29-62(54)77)79(49-41-38-48(39-42-49)52-25-15-27-58-56-23-7-14-37-72(56)81-76(52)58)71-36-17-32-65-74(71)59-24-5-10-30-63(59)78(65)64-31-11-13-35-70(64)80-69-34-12-6-22-55(69)57-26-16-33-67(78)75(57)80/h1-46H. The van der Waals surface area contributed by atoms with Gasteiger partial charge in [0.15, 0.2) is 0 Å². The van der Waals surface area contributed by atoms with Crippen molar-refractivity contribution in [3.63, 3.8) is 0 Å². The maximum absolute atomic E-state index is 2.59. The molecule has 0 saturated carbocycles. The van der Waals surface area contributed by atoms with Gasteiger partial charge < -0.3 is 9.47 Å². The number of anilines is 3. The number of thiophene rings is 1.